The molecule has 4 aromatic rings. The number of Topliss-reactive ketones (excluding diaryl/α,β-unsaturated/α-hetero) is 2. The fourth-order valence-electron chi connectivity index (χ4n) is 10.8. The van der Waals surface area contributed by atoms with E-state index in [9.17, 15) is 99.7 Å². The summed E-state index contributed by atoms with van der Waals surface area (Å²) < 4.78 is 249. The van der Waals surface area contributed by atoms with Crippen molar-refractivity contribution in [3.63, 3.8) is 0 Å². The summed E-state index contributed by atoms with van der Waals surface area (Å²) in [5.41, 5.74) is -3.89. The van der Waals surface area contributed by atoms with Crippen LogP contribution in [0, 0.1) is 69.8 Å². The predicted molar refractivity (Wildman–Crippen MR) is 338 cm³/mol. The second kappa shape index (κ2) is 35.2. The van der Waals surface area contributed by atoms with E-state index in [1.54, 1.807) is 62.3 Å². The maximum absolute atomic E-state index is 14.4. The van der Waals surface area contributed by atoms with Gasteiger partial charge in [-0.15, -0.1) is 0 Å². The first kappa shape index (κ1) is 85.3. The van der Waals surface area contributed by atoms with Gasteiger partial charge < -0.3 is 73.9 Å². The Hall–Kier alpha value is -8.61. The van der Waals surface area contributed by atoms with E-state index in [1.807, 2.05) is 4.90 Å². The van der Waals surface area contributed by atoms with Crippen LogP contribution in [0.5, 0.6) is 0 Å². The number of ether oxygens (including phenoxy) is 9. The zero-order valence-corrected chi connectivity index (χ0v) is 58.7. The molecule has 105 heavy (non-hydrogen) atoms. The van der Waals surface area contributed by atoms with Crippen LogP contribution in [-0.2, 0) is 52.2 Å². The van der Waals surface area contributed by atoms with Gasteiger partial charge in [-0.3, -0.25) is 9.59 Å². The molecule has 4 fully saturated rings. The normalized spacial score (nSPS) is 23.0. The van der Waals surface area contributed by atoms with E-state index in [0.29, 0.717) is 69.1 Å². The summed E-state index contributed by atoms with van der Waals surface area (Å²) in [4.78, 5) is 73.5. The first-order valence-corrected chi connectivity index (χ1v) is 32.4. The fourth-order valence-corrected chi connectivity index (χ4v) is 10.8. The molecule has 5 N–H and O–H groups in total. The Morgan fingerprint density at radius 3 is 1.16 bits per heavy atom. The quantitative estimate of drug-likeness (QED) is 0.0593. The summed E-state index contributed by atoms with van der Waals surface area (Å²) in [6, 6.07) is -0.202. The van der Waals surface area contributed by atoms with Crippen LogP contribution in [0.25, 0.3) is 0 Å². The monoisotopic (exact) mass is 1520 g/mol. The molecule has 582 valence electrons. The number of aliphatic hydroxyl groups is 1. The lowest BCUT2D eigenvalue weighted by molar-refractivity contribution is -0.240. The lowest BCUT2D eigenvalue weighted by atomic mass is 9.92. The number of ketones is 2. The van der Waals surface area contributed by atoms with E-state index in [0.717, 1.165) is 11.8 Å². The average molecular weight is 1520 g/mol. The van der Waals surface area contributed by atoms with Gasteiger partial charge in [-0.1, -0.05) is 0 Å². The third-order valence-electron chi connectivity index (χ3n) is 15.0. The van der Waals surface area contributed by atoms with E-state index in [-0.39, 0.29) is 54.6 Å². The molecule has 9 rings (SSSR count). The van der Waals surface area contributed by atoms with Crippen molar-refractivity contribution < 1.29 is 142 Å². The van der Waals surface area contributed by atoms with Gasteiger partial charge in [0.25, 0.3) is 0 Å². The summed E-state index contributed by atoms with van der Waals surface area (Å²) >= 11 is 0. The number of halogens is 15. The molecule has 5 aliphatic heterocycles. The molecule has 36 heteroatoms. The van der Waals surface area contributed by atoms with Crippen LogP contribution >= 0.6 is 0 Å². The molecule has 4 aromatic carbocycles. The molecule has 4 saturated heterocycles. The maximum Gasteiger partial charge on any atom is 0.421 e. The number of aliphatic hydroxyl groups excluding tert-OH is 1. The Bertz CT molecular complexity index is 3800. The highest BCUT2D eigenvalue weighted by Crippen LogP contribution is 2.40. The van der Waals surface area contributed by atoms with Gasteiger partial charge in [0.05, 0.1) is 55.8 Å². The number of carbonyl (C=O) groups is 6. The lowest BCUT2D eigenvalue weighted by Gasteiger charge is -2.38. The molecule has 10 atom stereocenters. The number of amides is 4. The summed E-state index contributed by atoms with van der Waals surface area (Å²) in [5.74, 6) is -16.8. The molecule has 21 nitrogen and oxygen atoms in total. The Kier molecular flexibility index (Phi) is 28.6. The molecule has 0 aromatic heterocycles. The zero-order chi connectivity index (χ0) is 78.8. The van der Waals surface area contributed by atoms with Crippen molar-refractivity contribution in [3.8, 4) is 0 Å². The van der Waals surface area contributed by atoms with E-state index in [4.69, 9.17) is 42.6 Å². The molecule has 2 unspecified atom stereocenters. The number of rotatable bonds is 9. The Labute approximate surface area is 593 Å². The second-order valence-corrected chi connectivity index (χ2v) is 28.4. The van der Waals surface area contributed by atoms with Gasteiger partial charge in [0, 0.05) is 78.9 Å². The number of nitrogens with one attached hydrogen (secondary N) is 4. The lowest BCUT2D eigenvalue weighted by Crippen LogP contribution is -2.53. The van der Waals surface area contributed by atoms with Crippen LogP contribution in [0.1, 0.15) is 155 Å². The van der Waals surface area contributed by atoms with Gasteiger partial charge in [0.2, 0.25) is 6.10 Å². The highest BCUT2D eigenvalue weighted by atomic mass is 19.4. The minimum absolute atomic E-state index is 0.0579. The minimum atomic E-state index is -5.11. The molecule has 0 saturated carbocycles. The highest BCUT2D eigenvalue weighted by molar-refractivity contribution is 5.86. The number of morpholine rings is 1. The number of nitrogens with zero attached hydrogens (tertiary/aromatic N) is 1. The number of carbonyl (C=O) groups excluding carboxylic acids is 6. The zero-order valence-electron chi connectivity index (χ0n) is 58.7. The number of benzene rings is 4. The number of alkyl halides is 3. The molecule has 0 aliphatic carbocycles. The molecule has 0 radical (unpaired) electrons. The molecule has 5 aliphatic rings. The number of hydrogen-bond donors (Lipinski definition) is 5. The van der Waals surface area contributed by atoms with Crippen LogP contribution in [0.2, 0.25) is 0 Å². The SMILES string of the molecule is CC(C)(C)OC(=O)N[C@H]1CC(=O)C(C(F)(F)F)O[C@@H]1c1cc(F)c(F)cc1F.CC(C)(C)OC(=O)N[C@H]1CC(=O)CO[C@@H]1c1cc(F)c(F)cc1F.CC(C)(C)OC(=O)N[C@H]1CC(N2CCOCC2)=CO[C@@H]1c1cc(F)c(F)cc1F.CC(C)(C)OC(=O)N[C@H]1CC(O)CO[C@@H]1c1cc(F)c(F)cc1F. The van der Waals surface area contributed by atoms with Crippen molar-refractivity contribution in [1.82, 2.24) is 26.2 Å². The maximum atomic E-state index is 14.4. The molecule has 0 bridgehead atoms. The third kappa shape index (κ3) is 25.6. The van der Waals surface area contributed by atoms with Crippen LogP contribution in [0.15, 0.2) is 60.5 Å². The minimum Gasteiger partial charge on any atom is -0.489 e. The molecular formula is C69H80F15N5O16. The van der Waals surface area contributed by atoms with Crippen molar-refractivity contribution >= 4 is 35.9 Å². The third-order valence-corrected chi connectivity index (χ3v) is 15.0. The smallest absolute Gasteiger partial charge is 0.421 e. The predicted octanol–water partition coefficient (Wildman–Crippen LogP) is 13.4. The van der Waals surface area contributed by atoms with E-state index >= 15 is 0 Å². The van der Waals surface area contributed by atoms with Gasteiger partial charge in [0.1, 0.15) is 83.0 Å². The highest BCUT2D eigenvalue weighted by Gasteiger charge is 2.53. The van der Waals surface area contributed by atoms with E-state index in [1.165, 1.54) is 27.0 Å². The van der Waals surface area contributed by atoms with Crippen molar-refractivity contribution in [2.45, 2.75) is 198 Å². The van der Waals surface area contributed by atoms with E-state index < -0.39 is 201 Å². The molecular weight excluding hydrogens is 1440 g/mol. The molecule has 4 amide bonds. The van der Waals surface area contributed by atoms with E-state index in [2.05, 4.69) is 21.3 Å². The van der Waals surface area contributed by atoms with Crippen LogP contribution in [-0.4, -0.2) is 150 Å². The van der Waals surface area contributed by atoms with Crippen molar-refractivity contribution in [2.75, 3.05) is 39.5 Å². The van der Waals surface area contributed by atoms with Gasteiger partial charge in [-0.05, 0) is 114 Å². The summed E-state index contributed by atoms with van der Waals surface area (Å²) in [6.45, 7) is 21.7. The average Bonchev–Trinajstić information content (AvgIpc) is 0.807. The Morgan fingerprint density at radius 1 is 0.448 bits per heavy atom. The van der Waals surface area contributed by atoms with Crippen molar-refractivity contribution in [1.29, 1.82) is 0 Å². The van der Waals surface area contributed by atoms with Crippen molar-refractivity contribution in [2.24, 2.45) is 0 Å². The number of alkyl carbamates (subject to hydrolysis) is 4. The number of hydrogen-bond acceptors (Lipinski definition) is 17. The topological polar surface area (TPSA) is 257 Å². The van der Waals surface area contributed by atoms with Crippen LogP contribution in [0.4, 0.5) is 85.0 Å². The van der Waals surface area contributed by atoms with Gasteiger partial charge in [-0.2, -0.15) is 13.2 Å². The summed E-state index contributed by atoms with van der Waals surface area (Å²) in [5, 5.41) is 19.4. The van der Waals surface area contributed by atoms with Gasteiger partial charge in [-0.25, -0.2) is 71.9 Å². The molecule has 5 heterocycles. The van der Waals surface area contributed by atoms with Gasteiger partial charge in [0.15, 0.2) is 58.1 Å². The van der Waals surface area contributed by atoms with Crippen LogP contribution < -0.4 is 21.3 Å². The largest absolute Gasteiger partial charge is 0.489 e. The Morgan fingerprint density at radius 2 is 0.781 bits per heavy atom. The van der Waals surface area contributed by atoms with Gasteiger partial charge >= 0.3 is 30.5 Å². The Balaban J connectivity index is 0.000000220. The fraction of sp³-hybridized carbons (Fsp3) is 0.536. The van der Waals surface area contributed by atoms with Crippen molar-refractivity contribution in [3.05, 3.63) is 153 Å². The first-order valence-electron chi connectivity index (χ1n) is 32.4. The standard InChI is InChI=1S/C20H25F3N2O4.C17H17F6NO4.C16H20F3NO4.C16H18F3NO4/c1-20(2,3)29-19(26)24-17-8-12(25-4-6-27-7-5-25)11-28-18(17)13-9-15(22)16(23)10-14(13)21;1-16(2,3)28-15(26)24-11-6-12(25)14(17(21,22)23)27-13(11)7-4-9(19)10(20)5-8(7)18;2*1-16(2,3)24-15(22)20-13-4-8(21)7-23-14(13)9-5-11(18)12(19)6-10(9)17/h9-11,17-18H,4-8H2,1-3H3,(H,24,26);4-5,11,13-14H,6H2,1-3H3,(H,24,26);5-6,8,13-14,21H,4,7H2,1-3H3,(H,20,22);5-6,13-14H,4,7H2,1-3H3,(H,20,22)/t17-,18+;11-,13+,14?;8?,13-,14+;13-,14+/m0000/s1. The first-order chi connectivity index (χ1) is 48.5. The molecule has 0 spiro atoms. The summed E-state index contributed by atoms with van der Waals surface area (Å²) in [6.07, 6.45) is -16.6. The second-order valence-electron chi connectivity index (χ2n) is 28.4. The summed E-state index contributed by atoms with van der Waals surface area (Å²) in [7, 11) is 0. The van der Waals surface area contributed by atoms with Crippen LogP contribution in [0.3, 0.4) is 0 Å².